The first-order chi connectivity index (χ1) is 11.7. The van der Waals surface area contributed by atoms with Crippen LogP contribution in [0.3, 0.4) is 0 Å². The van der Waals surface area contributed by atoms with Gasteiger partial charge in [0.15, 0.2) is 5.96 Å². The first-order valence-electron chi connectivity index (χ1n) is 10.2. The van der Waals surface area contributed by atoms with Gasteiger partial charge in [-0.3, -0.25) is 4.99 Å². The van der Waals surface area contributed by atoms with Crippen LogP contribution in [0.5, 0.6) is 0 Å². The van der Waals surface area contributed by atoms with Crippen LogP contribution >= 0.6 is 24.0 Å². The standard InChI is InChI=1S/C20H41N5.HI/c1-8-21-18(25-16-19(4,5)20(25,6)7)22-14-17(3)15-24-12-10-23(9-2)11-13-24;/h17H,8-16H2,1-7H3,(H,21,22);1H. The summed E-state index contributed by atoms with van der Waals surface area (Å²) in [4.78, 5) is 12.6. The molecule has 1 unspecified atom stereocenters. The lowest BCUT2D eigenvalue weighted by atomic mass is 9.65. The van der Waals surface area contributed by atoms with Gasteiger partial charge in [-0.2, -0.15) is 0 Å². The van der Waals surface area contributed by atoms with Crippen molar-refractivity contribution in [1.82, 2.24) is 20.0 Å². The van der Waals surface area contributed by atoms with Crippen molar-refractivity contribution in [2.24, 2.45) is 16.3 Å². The maximum atomic E-state index is 4.99. The molecule has 2 fully saturated rings. The van der Waals surface area contributed by atoms with Gasteiger partial charge in [0.1, 0.15) is 0 Å². The molecule has 5 nitrogen and oxygen atoms in total. The Morgan fingerprint density at radius 3 is 2.08 bits per heavy atom. The van der Waals surface area contributed by atoms with Crippen LogP contribution in [0.25, 0.3) is 0 Å². The predicted octanol–water partition coefficient (Wildman–Crippen LogP) is 2.96. The van der Waals surface area contributed by atoms with E-state index in [0.29, 0.717) is 11.3 Å². The largest absolute Gasteiger partial charge is 0.356 e. The second kappa shape index (κ2) is 9.92. The maximum Gasteiger partial charge on any atom is 0.194 e. The van der Waals surface area contributed by atoms with E-state index in [4.69, 9.17) is 4.99 Å². The van der Waals surface area contributed by atoms with Crippen LogP contribution in [0.4, 0.5) is 0 Å². The molecule has 2 aliphatic heterocycles. The summed E-state index contributed by atoms with van der Waals surface area (Å²) in [5, 5.41) is 3.51. The zero-order valence-electron chi connectivity index (χ0n) is 18.1. The number of hydrogen-bond acceptors (Lipinski definition) is 3. The van der Waals surface area contributed by atoms with Crippen molar-refractivity contribution in [2.75, 3.05) is 58.9 Å². The van der Waals surface area contributed by atoms with Crippen LogP contribution in [0.1, 0.15) is 48.5 Å². The lowest BCUT2D eigenvalue weighted by molar-refractivity contribution is -0.0668. The van der Waals surface area contributed by atoms with Gasteiger partial charge < -0.3 is 20.0 Å². The van der Waals surface area contributed by atoms with Gasteiger partial charge in [-0.15, -0.1) is 24.0 Å². The van der Waals surface area contributed by atoms with Crippen molar-refractivity contribution < 1.29 is 0 Å². The van der Waals surface area contributed by atoms with Crippen molar-refractivity contribution in [1.29, 1.82) is 0 Å². The van der Waals surface area contributed by atoms with Crippen molar-refractivity contribution in [3.8, 4) is 0 Å². The van der Waals surface area contributed by atoms with E-state index in [9.17, 15) is 0 Å². The van der Waals surface area contributed by atoms with E-state index < -0.39 is 0 Å². The van der Waals surface area contributed by atoms with Gasteiger partial charge >= 0.3 is 0 Å². The average molecular weight is 479 g/mol. The fraction of sp³-hybridized carbons (Fsp3) is 0.950. The summed E-state index contributed by atoms with van der Waals surface area (Å²) in [7, 11) is 0. The zero-order valence-corrected chi connectivity index (χ0v) is 20.5. The van der Waals surface area contributed by atoms with Gasteiger partial charge in [-0.25, -0.2) is 0 Å². The van der Waals surface area contributed by atoms with E-state index >= 15 is 0 Å². The quantitative estimate of drug-likeness (QED) is 0.361. The number of aliphatic imine (C=N–C) groups is 1. The molecule has 2 rings (SSSR count). The first kappa shape index (κ1) is 24.0. The number of nitrogens with one attached hydrogen (secondary N) is 1. The van der Waals surface area contributed by atoms with Crippen LogP contribution in [0.15, 0.2) is 4.99 Å². The summed E-state index contributed by atoms with van der Waals surface area (Å²) in [6.45, 7) is 26.2. The van der Waals surface area contributed by atoms with Gasteiger partial charge in [-0.05, 0) is 33.2 Å². The third kappa shape index (κ3) is 5.47. The summed E-state index contributed by atoms with van der Waals surface area (Å²) < 4.78 is 0. The Morgan fingerprint density at radius 1 is 1.04 bits per heavy atom. The molecule has 0 aromatic rings. The topological polar surface area (TPSA) is 34.1 Å². The fourth-order valence-corrected chi connectivity index (χ4v) is 3.82. The molecular weight excluding hydrogens is 437 g/mol. The van der Waals surface area contributed by atoms with E-state index in [1.807, 2.05) is 0 Å². The highest BCUT2D eigenvalue weighted by atomic mass is 127. The molecule has 2 heterocycles. The molecule has 0 aliphatic carbocycles. The molecule has 0 radical (unpaired) electrons. The molecule has 2 aliphatic rings. The molecule has 0 bridgehead atoms. The summed E-state index contributed by atoms with van der Waals surface area (Å²) in [5.41, 5.74) is 0.501. The minimum atomic E-state index is 0. The summed E-state index contributed by atoms with van der Waals surface area (Å²) >= 11 is 0. The molecule has 1 atom stereocenters. The SMILES string of the molecule is CCNC(=NCC(C)CN1CCN(CC)CC1)N1CC(C)(C)C1(C)C.I. The number of piperazine rings is 1. The maximum absolute atomic E-state index is 4.99. The number of halogens is 1. The Kier molecular flexibility index (Phi) is 9.14. The molecular formula is C20H42IN5. The average Bonchev–Trinajstić information content (AvgIpc) is 2.57. The van der Waals surface area contributed by atoms with Crippen LogP contribution in [0.2, 0.25) is 0 Å². The van der Waals surface area contributed by atoms with Crippen molar-refractivity contribution in [2.45, 2.75) is 54.0 Å². The Morgan fingerprint density at radius 2 is 1.62 bits per heavy atom. The number of rotatable bonds is 6. The Hall–Kier alpha value is -0.0800. The number of nitrogens with zero attached hydrogens (tertiary/aromatic N) is 4. The zero-order chi connectivity index (χ0) is 18.7. The van der Waals surface area contributed by atoms with E-state index in [1.165, 1.54) is 32.7 Å². The number of guanidine groups is 1. The highest BCUT2D eigenvalue weighted by Gasteiger charge is 2.53. The highest BCUT2D eigenvalue weighted by molar-refractivity contribution is 14.0. The molecule has 154 valence electrons. The second-order valence-corrected chi connectivity index (χ2v) is 9.06. The predicted molar refractivity (Wildman–Crippen MR) is 124 cm³/mol. The van der Waals surface area contributed by atoms with Crippen molar-refractivity contribution in [3.63, 3.8) is 0 Å². The van der Waals surface area contributed by atoms with E-state index in [-0.39, 0.29) is 29.5 Å². The molecule has 6 heteroatoms. The lowest BCUT2D eigenvalue weighted by Gasteiger charge is -2.62. The third-order valence-corrected chi connectivity index (χ3v) is 6.51. The summed E-state index contributed by atoms with van der Waals surface area (Å²) in [5.74, 6) is 1.69. The van der Waals surface area contributed by atoms with Gasteiger partial charge in [0.05, 0.1) is 0 Å². The fourth-order valence-electron chi connectivity index (χ4n) is 3.82. The lowest BCUT2D eigenvalue weighted by Crippen LogP contribution is -2.72. The monoisotopic (exact) mass is 479 g/mol. The molecule has 0 amide bonds. The molecule has 0 saturated carbocycles. The van der Waals surface area contributed by atoms with Crippen LogP contribution in [-0.2, 0) is 0 Å². The normalized spacial score (nSPS) is 24.6. The Balaban J connectivity index is 0.00000338. The van der Waals surface area contributed by atoms with E-state index in [0.717, 1.165) is 32.1 Å². The van der Waals surface area contributed by atoms with Gasteiger partial charge in [-0.1, -0.05) is 27.7 Å². The number of likely N-dealkylation sites (N-methyl/N-ethyl adjacent to an activating group) is 1. The number of likely N-dealkylation sites (tertiary alicyclic amines) is 1. The first-order valence-corrected chi connectivity index (χ1v) is 10.2. The molecule has 1 N–H and O–H groups in total. The van der Waals surface area contributed by atoms with Crippen molar-refractivity contribution >= 4 is 29.9 Å². The van der Waals surface area contributed by atoms with Crippen LogP contribution in [-0.4, -0.2) is 85.1 Å². The second-order valence-electron chi connectivity index (χ2n) is 9.06. The molecule has 0 aromatic carbocycles. The minimum absolute atomic E-state index is 0. The van der Waals surface area contributed by atoms with Crippen LogP contribution in [0, 0.1) is 11.3 Å². The van der Waals surface area contributed by atoms with Gasteiger partial charge in [0, 0.05) is 63.3 Å². The molecule has 0 aromatic heterocycles. The molecule has 2 saturated heterocycles. The number of hydrogen-bond donors (Lipinski definition) is 1. The summed E-state index contributed by atoms with van der Waals surface area (Å²) in [6.07, 6.45) is 0. The van der Waals surface area contributed by atoms with E-state index in [2.05, 4.69) is 68.5 Å². The molecule has 0 spiro atoms. The highest BCUT2D eigenvalue weighted by Crippen LogP contribution is 2.46. The molecule has 26 heavy (non-hydrogen) atoms. The Bertz CT molecular complexity index is 455. The van der Waals surface area contributed by atoms with Gasteiger partial charge in [0.25, 0.3) is 0 Å². The van der Waals surface area contributed by atoms with Gasteiger partial charge in [0.2, 0.25) is 0 Å². The summed E-state index contributed by atoms with van der Waals surface area (Å²) in [6, 6.07) is 0. The third-order valence-electron chi connectivity index (χ3n) is 6.51. The van der Waals surface area contributed by atoms with E-state index in [1.54, 1.807) is 0 Å². The van der Waals surface area contributed by atoms with Crippen molar-refractivity contribution in [3.05, 3.63) is 0 Å². The smallest absolute Gasteiger partial charge is 0.194 e. The minimum Gasteiger partial charge on any atom is -0.356 e. The Labute approximate surface area is 179 Å². The van der Waals surface area contributed by atoms with Crippen LogP contribution < -0.4 is 5.32 Å².